The Hall–Kier alpha value is -3.56. The number of carbonyl (C=O) groups excluding carboxylic acids is 2. The predicted octanol–water partition coefficient (Wildman–Crippen LogP) is 4.79. The Balaban J connectivity index is 1.47. The van der Waals surface area contributed by atoms with Gasteiger partial charge in [-0.3, -0.25) is 9.59 Å². The van der Waals surface area contributed by atoms with Crippen LogP contribution in [0.25, 0.3) is 22.3 Å². The van der Waals surface area contributed by atoms with Gasteiger partial charge in [-0.1, -0.05) is 6.92 Å². The van der Waals surface area contributed by atoms with Gasteiger partial charge in [-0.2, -0.15) is 0 Å². The fraction of sp³-hybridized carbons (Fsp3) is 0.481. The number of alkyl halides is 2. The number of hydrogen-bond donors (Lipinski definition) is 2. The molecule has 2 fully saturated rings. The first-order valence-electron chi connectivity index (χ1n) is 12.8. The van der Waals surface area contributed by atoms with Crippen molar-refractivity contribution in [2.45, 2.75) is 65.0 Å². The molecular weight excluding hydrogens is 480 g/mol. The van der Waals surface area contributed by atoms with E-state index in [0.717, 1.165) is 12.8 Å². The number of nitrogens with zero attached hydrogens (tertiary/aromatic N) is 3. The summed E-state index contributed by atoms with van der Waals surface area (Å²) in [5.74, 6) is 0.715. The second-order valence-electron chi connectivity index (χ2n) is 10.0. The molecule has 8 nitrogen and oxygen atoms in total. The summed E-state index contributed by atoms with van der Waals surface area (Å²) in [6, 6.07) is 4.19. The van der Waals surface area contributed by atoms with Crippen LogP contribution in [0.15, 0.2) is 24.5 Å². The number of hydrogen-bond acceptors (Lipinski definition) is 5. The van der Waals surface area contributed by atoms with Crippen molar-refractivity contribution in [3.05, 3.63) is 41.3 Å². The number of rotatable bonds is 8. The van der Waals surface area contributed by atoms with E-state index in [0.29, 0.717) is 71.2 Å². The van der Waals surface area contributed by atoms with Crippen LogP contribution >= 0.6 is 0 Å². The van der Waals surface area contributed by atoms with E-state index in [1.54, 1.807) is 17.9 Å². The molecule has 10 heteroatoms. The first-order chi connectivity index (χ1) is 17.8. The SMILES string of the molecule is CCC(=O)N1C[C@@H](NC(=O)c2c(C)[nH]c3c(-c4cc(C(F)F)ccc4OCC4CC4)ncnc23)C[C@H]1C. The van der Waals surface area contributed by atoms with Gasteiger partial charge in [-0.15, -0.1) is 0 Å². The third kappa shape index (κ3) is 5.01. The highest BCUT2D eigenvalue weighted by Crippen LogP contribution is 2.38. The fourth-order valence-electron chi connectivity index (χ4n) is 5.03. The van der Waals surface area contributed by atoms with Gasteiger partial charge in [0.25, 0.3) is 12.3 Å². The van der Waals surface area contributed by atoms with Gasteiger partial charge in [-0.25, -0.2) is 18.7 Å². The molecule has 1 aliphatic carbocycles. The third-order valence-electron chi connectivity index (χ3n) is 7.21. The second-order valence-corrected chi connectivity index (χ2v) is 10.0. The van der Waals surface area contributed by atoms with E-state index in [2.05, 4.69) is 20.3 Å². The summed E-state index contributed by atoms with van der Waals surface area (Å²) < 4.78 is 33.1. The minimum Gasteiger partial charge on any atom is -0.493 e. The highest BCUT2D eigenvalue weighted by Gasteiger charge is 2.33. The number of amides is 2. The highest BCUT2D eigenvalue weighted by atomic mass is 19.3. The molecule has 2 amide bonds. The molecule has 2 aliphatic rings. The summed E-state index contributed by atoms with van der Waals surface area (Å²) in [7, 11) is 0. The average Bonchev–Trinajstić information content (AvgIpc) is 3.54. The van der Waals surface area contributed by atoms with Crippen molar-refractivity contribution in [1.29, 1.82) is 0 Å². The molecule has 0 spiro atoms. The van der Waals surface area contributed by atoms with Crippen LogP contribution in [0.2, 0.25) is 0 Å². The van der Waals surface area contributed by atoms with Crippen LogP contribution in [0.1, 0.15) is 67.6 Å². The van der Waals surface area contributed by atoms with E-state index in [4.69, 9.17) is 4.74 Å². The molecule has 37 heavy (non-hydrogen) atoms. The quantitative estimate of drug-likeness (QED) is 0.453. The summed E-state index contributed by atoms with van der Waals surface area (Å²) in [6.07, 6.45) is 1.97. The number of aromatic nitrogens is 3. The predicted molar refractivity (Wildman–Crippen MR) is 135 cm³/mol. The number of halogens is 2. The van der Waals surface area contributed by atoms with Gasteiger partial charge in [0.1, 0.15) is 23.3 Å². The largest absolute Gasteiger partial charge is 0.493 e. The number of aromatic amines is 1. The van der Waals surface area contributed by atoms with Crippen molar-refractivity contribution < 1.29 is 23.1 Å². The molecule has 2 N–H and O–H groups in total. The Morgan fingerprint density at radius 2 is 2.05 bits per heavy atom. The minimum absolute atomic E-state index is 0.0481. The van der Waals surface area contributed by atoms with Crippen molar-refractivity contribution in [1.82, 2.24) is 25.2 Å². The van der Waals surface area contributed by atoms with E-state index in [9.17, 15) is 18.4 Å². The van der Waals surface area contributed by atoms with Crippen molar-refractivity contribution in [3.8, 4) is 17.0 Å². The lowest BCUT2D eigenvalue weighted by atomic mass is 10.0. The molecule has 0 unspecified atom stereocenters. The zero-order valence-electron chi connectivity index (χ0n) is 21.2. The van der Waals surface area contributed by atoms with E-state index in [-0.39, 0.29) is 29.5 Å². The van der Waals surface area contributed by atoms with Gasteiger partial charge in [0.2, 0.25) is 5.91 Å². The van der Waals surface area contributed by atoms with Gasteiger partial charge < -0.3 is 19.9 Å². The topological polar surface area (TPSA) is 100 Å². The Morgan fingerprint density at radius 1 is 1.27 bits per heavy atom. The lowest BCUT2D eigenvalue weighted by Crippen LogP contribution is -2.39. The lowest BCUT2D eigenvalue weighted by Gasteiger charge is -2.20. The summed E-state index contributed by atoms with van der Waals surface area (Å²) in [6.45, 7) is 6.55. The molecule has 0 radical (unpaired) electrons. The number of aryl methyl sites for hydroxylation is 1. The molecule has 5 rings (SSSR count). The Kier molecular flexibility index (Phi) is 6.83. The number of carbonyl (C=O) groups is 2. The third-order valence-corrected chi connectivity index (χ3v) is 7.21. The van der Waals surface area contributed by atoms with Crippen molar-refractivity contribution in [2.24, 2.45) is 5.92 Å². The first kappa shape index (κ1) is 25.1. The molecule has 1 saturated heterocycles. The minimum atomic E-state index is -2.65. The fourth-order valence-corrected chi connectivity index (χ4v) is 5.03. The summed E-state index contributed by atoms with van der Waals surface area (Å²) in [5, 5.41) is 3.05. The van der Waals surface area contributed by atoms with Crippen LogP contribution in [0, 0.1) is 12.8 Å². The molecule has 1 aliphatic heterocycles. The molecular formula is C27H31F2N5O3. The molecule has 196 valence electrons. The average molecular weight is 512 g/mol. The van der Waals surface area contributed by atoms with Gasteiger partial charge in [0, 0.05) is 41.9 Å². The van der Waals surface area contributed by atoms with E-state index < -0.39 is 6.43 Å². The van der Waals surface area contributed by atoms with Gasteiger partial charge >= 0.3 is 0 Å². The molecule has 0 bridgehead atoms. The van der Waals surface area contributed by atoms with E-state index >= 15 is 0 Å². The molecule has 2 atom stereocenters. The molecule has 2 aromatic heterocycles. The van der Waals surface area contributed by atoms with Crippen molar-refractivity contribution in [3.63, 3.8) is 0 Å². The van der Waals surface area contributed by atoms with Crippen molar-refractivity contribution >= 4 is 22.8 Å². The monoisotopic (exact) mass is 511 g/mol. The molecule has 3 heterocycles. The maximum atomic E-state index is 13.6. The Bertz CT molecular complexity index is 1340. The maximum Gasteiger partial charge on any atom is 0.263 e. The zero-order valence-corrected chi connectivity index (χ0v) is 21.2. The van der Waals surface area contributed by atoms with Crippen LogP contribution < -0.4 is 10.1 Å². The van der Waals surface area contributed by atoms with Crippen LogP contribution in [-0.4, -0.2) is 56.9 Å². The van der Waals surface area contributed by atoms with Crippen LogP contribution in [0.5, 0.6) is 5.75 Å². The maximum absolute atomic E-state index is 13.6. The Morgan fingerprint density at radius 3 is 2.76 bits per heavy atom. The summed E-state index contributed by atoms with van der Waals surface area (Å²) >= 11 is 0. The molecule has 1 aromatic carbocycles. The standard InChI is InChI=1S/C27H31F2N5O3/c1-4-21(35)34-11-18(9-14(34)2)33-27(36)22-15(3)32-25-23(30-13-31-24(22)25)19-10-17(26(28)29)7-8-20(19)37-12-16-5-6-16/h7-8,10,13-14,16,18,26,32H,4-6,9,11-12H2,1-3H3,(H,33,36)/t14-,18+/m1/s1. The summed E-state index contributed by atoms with van der Waals surface area (Å²) in [5.41, 5.74) is 2.54. The smallest absolute Gasteiger partial charge is 0.263 e. The number of ether oxygens (including phenoxy) is 1. The van der Waals surface area contributed by atoms with Crippen LogP contribution in [-0.2, 0) is 4.79 Å². The second kappa shape index (κ2) is 10.1. The number of likely N-dealkylation sites (tertiary alicyclic amines) is 1. The number of nitrogens with one attached hydrogen (secondary N) is 2. The van der Waals surface area contributed by atoms with E-state index in [1.807, 2.05) is 13.8 Å². The molecule has 3 aromatic rings. The first-order valence-corrected chi connectivity index (χ1v) is 12.8. The number of H-pyrrole nitrogens is 1. The van der Waals surface area contributed by atoms with Gasteiger partial charge in [-0.05, 0) is 57.2 Å². The zero-order chi connectivity index (χ0) is 26.3. The van der Waals surface area contributed by atoms with Gasteiger partial charge in [0.15, 0.2) is 0 Å². The van der Waals surface area contributed by atoms with Crippen molar-refractivity contribution in [2.75, 3.05) is 13.2 Å². The lowest BCUT2D eigenvalue weighted by molar-refractivity contribution is -0.131. The van der Waals surface area contributed by atoms with Crippen LogP contribution in [0.4, 0.5) is 8.78 Å². The van der Waals surface area contributed by atoms with E-state index in [1.165, 1.54) is 18.5 Å². The Labute approximate surface area is 213 Å². The summed E-state index contributed by atoms with van der Waals surface area (Å²) in [4.78, 5) is 39.3. The van der Waals surface area contributed by atoms with Gasteiger partial charge in [0.05, 0.1) is 17.7 Å². The normalized spacial score (nSPS) is 19.6. The molecule has 1 saturated carbocycles. The number of fused-ring (bicyclic) bond motifs is 1. The number of benzene rings is 1. The highest BCUT2D eigenvalue weighted by molar-refractivity contribution is 6.09. The van der Waals surface area contributed by atoms with Crippen LogP contribution in [0.3, 0.4) is 0 Å².